The maximum atomic E-state index is 12.1. The zero-order valence-corrected chi connectivity index (χ0v) is 11.6. The molecule has 1 amide bonds. The van der Waals surface area contributed by atoms with Gasteiger partial charge >= 0.3 is 0 Å². The zero-order valence-electron chi connectivity index (χ0n) is 11.6. The van der Waals surface area contributed by atoms with Gasteiger partial charge in [0.15, 0.2) is 0 Å². The van der Waals surface area contributed by atoms with E-state index in [1.807, 2.05) is 32.0 Å². The van der Waals surface area contributed by atoms with Gasteiger partial charge in [-0.3, -0.25) is 4.79 Å². The standard InChI is InChI=1S/C16H18N2O2/c1-10-6-7-15(19)13(8-10)16(20)18-9-12-4-3-5-14(17)11(12)2/h3-8,19H,9,17H2,1-2H3,(H,18,20). The number of hydrogen-bond acceptors (Lipinski definition) is 3. The van der Waals surface area contributed by atoms with E-state index in [2.05, 4.69) is 5.32 Å². The van der Waals surface area contributed by atoms with Gasteiger partial charge in [-0.05, 0) is 43.2 Å². The summed E-state index contributed by atoms with van der Waals surface area (Å²) in [5, 5.41) is 12.5. The molecule has 104 valence electrons. The first kappa shape index (κ1) is 13.9. The van der Waals surface area contributed by atoms with E-state index in [1.54, 1.807) is 12.1 Å². The molecular weight excluding hydrogens is 252 g/mol. The van der Waals surface area contributed by atoms with Gasteiger partial charge in [0.05, 0.1) is 5.56 Å². The molecule has 0 aliphatic heterocycles. The summed E-state index contributed by atoms with van der Waals surface area (Å²) in [6.07, 6.45) is 0. The van der Waals surface area contributed by atoms with E-state index in [1.165, 1.54) is 6.07 Å². The minimum atomic E-state index is -0.298. The number of anilines is 1. The lowest BCUT2D eigenvalue weighted by molar-refractivity contribution is 0.0948. The predicted molar refractivity (Wildman–Crippen MR) is 79.6 cm³/mol. The summed E-state index contributed by atoms with van der Waals surface area (Å²) < 4.78 is 0. The number of amides is 1. The minimum Gasteiger partial charge on any atom is -0.507 e. The van der Waals surface area contributed by atoms with E-state index in [4.69, 9.17) is 5.73 Å². The molecule has 4 nitrogen and oxygen atoms in total. The number of nitrogen functional groups attached to an aromatic ring is 1. The number of nitrogens with one attached hydrogen (secondary N) is 1. The number of rotatable bonds is 3. The van der Waals surface area contributed by atoms with Crippen LogP contribution in [0.2, 0.25) is 0 Å². The number of carbonyl (C=O) groups is 1. The van der Waals surface area contributed by atoms with Crippen molar-refractivity contribution in [3.05, 3.63) is 58.7 Å². The molecule has 0 aliphatic carbocycles. The van der Waals surface area contributed by atoms with E-state index in [9.17, 15) is 9.90 Å². The van der Waals surface area contributed by atoms with Crippen LogP contribution in [0.3, 0.4) is 0 Å². The average molecular weight is 270 g/mol. The highest BCUT2D eigenvalue weighted by atomic mass is 16.3. The van der Waals surface area contributed by atoms with Crippen LogP contribution in [-0.4, -0.2) is 11.0 Å². The van der Waals surface area contributed by atoms with Crippen LogP contribution >= 0.6 is 0 Å². The molecule has 0 spiro atoms. The Labute approximate surface area is 118 Å². The van der Waals surface area contributed by atoms with Crippen molar-refractivity contribution in [3.8, 4) is 5.75 Å². The molecule has 0 saturated heterocycles. The number of aryl methyl sites for hydroxylation is 1. The molecule has 20 heavy (non-hydrogen) atoms. The lowest BCUT2D eigenvalue weighted by Gasteiger charge is -2.11. The van der Waals surface area contributed by atoms with Crippen molar-refractivity contribution in [2.75, 3.05) is 5.73 Å². The van der Waals surface area contributed by atoms with Crippen LogP contribution in [-0.2, 0) is 6.54 Å². The first-order chi connectivity index (χ1) is 9.49. The van der Waals surface area contributed by atoms with E-state index >= 15 is 0 Å². The molecule has 0 unspecified atom stereocenters. The maximum Gasteiger partial charge on any atom is 0.255 e. The first-order valence-electron chi connectivity index (χ1n) is 6.41. The third-order valence-corrected chi connectivity index (χ3v) is 3.32. The van der Waals surface area contributed by atoms with Gasteiger partial charge in [-0.1, -0.05) is 23.8 Å². The molecule has 0 aliphatic rings. The minimum absolute atomic E-state index is 0.0163. The van der Waals surface area contributed by atoms with Gasteiger partial charge in [-0.2, -0.15) is 0 Å². The highest BCUT2D eigenvalue weighted by Crippen LogP contribution is 2.19. The van der Waals surface area contributed by atoms with Gasteiger partial charge in [-0.25, -0.2) is 0 Å². The molecule has 0 bridgehead atoms. The smallest absolute Gasteiger partial charge is 0.255 e. The molecule has 0 heterocycles. The molecule has 0 aromatic heterocycles. The molecule has 2 aromatic rings. The topological polar surface area (TPSA) is 75.3 Å². The Kier molecular flexibility index (Phi) is 3.94. The van der Waals surface area contributed by atoms with Crippen molar-refractivity contribution >= 4 is 11.6 Å². The van der Waals surface area contributed by atoms with E-state index in [-0.39, 0.29) is 17.2 Å². The Morgan fingerprint density at radius 3 is 2.75 bits per heavy atom. The molecule has 4 N–H and O–H groups in total. The highest BCUT2D eigenvalue weighted by Gasteiger charge is 2.11. The fraction of sp³-hybridized carbons (Fsp3) is 0.188. The Bertz CT molecular complexity index is 651. The molecule has 4 heteroatoms. The van der Waals surface area contributed by atoms with Crippen molar-refractivity contribution in [1.82, 2.24) is 5.32 Å². The van der Waals surface area contributed by atoms with Crippen LogP contribution in [0.4, 0.5) is 5.69 Å². The van der Waals surface area contributed by atoms with Gasteiger partial charge in [0.25, 0.3) is 5.91 Å². The third kappa shape index (κ3) is 2.91. The monoisotopic (exact) mass is 270 g/mol. The van der Waals surface area contributed by atoms with Crippen LogP contribution < -0.4 is 11.1 Å². The summed E-state index contributed by atoms with van der Waals surface area (Å²) in [6, 6.07) is 10.5. The van der Waals surface area contributed by atoms with E-state index in [0.29, 0.717) is 12.2 Å². The van der Waals surface area contributed by atoms with Crippen molar-refractivity contribution in [2.45, 2.75) is 20.4 Å². The van der Waals surface area contributed by atoms with Crippen molar-refractivity contribution in [1.29, 1.82) is 0 Å². The lowest BCUT2D eigenvalue weighted by atomic mass is 10.1. The number of aromatic hydroxyl groups is 1. The average Bonchev–Trinajstić information content (AvgIpc) is 2.43. The second-order valence-electron chi connectivity index (χ2n) is 4.83. The summed E-state index contributed by atoms with van der Waals surface area (Å²) in [5.74, 6) is -0.314. The summed E-state index contributed by atoms with van der Waals surface area (Å²) in [4.78, 5) is 12.1. The van der Waals surface area contributed by atoms with Gasteiger partial charge < -0.3 is 16.2 Å². The number of carbonyl (C=O) groups excluding carboxylic acids is 1. The predicted octanol–water partition coefficient (Wildman–Crippen LogP) is 2.52. The van der Waals surface area contributed by atoms with Gasteiger partial charge in [0.2, 0.25) is 0 Å². The second kappa shape index (κ2) is 5.65. The fourth-order valence-electron chi connectivity index (χ4n) is 2.00. The number of hydrogen-bond donors (Lipinski definition) is 3. The molecular formula is C16H18N2O2. The summed E-state index contributed by atoms with van der Waals surface area (Å²) in [5.41, 5.74) is 9.66. The Balaban J connectivity index is 2.13. The number of phenolic OH excluding ortho intramolecular Hbond substituents is 1. The molecule has 0 saturated carbocycles. The second-order valence-corrected chi connectivity index (χ2v) is 4.83. The largest absolute Gasteiger partial charge is 0.507 e. The quantitative estimate of drug-likeness (QED) is 0.750. The molecule has 0 radical (unpaired) electrons. The third-order valence-electron chi connectivity index (χ3n) is 3.32. The van der Waals surface area contributed by atoms with Crippen molar-refractivity contribution in [3.63, 3.8) is 0 Å². The van der Waals surface area contributed by atoms with Crippen LogP contribution in [0.25, 0.3) is 0 Å². The Morgan fingerprint density at radius 2 is 2.00 bits per heavy atom. The van der Waals surface area contributed by atoms with Gasteiger partial charge in [-0.15, -0.1) is 0 Å². The highest BCUT2D eigenvalue weighted by molar-refractivity contribution is 5.96. The molecule has 2 aromatic carbocycles. The SMILES string of the molecule is Cc1ccc(O)c(C(=O)NCc2cccc(N)c2C)c1. The number of benzene rings is 2. The fourth-order valence-corrected chi connectivity index (χ4v) is 2.00. The first-order valence-corrected chi connectivity index (χ1v) is 6.41. The van der Waals surface area contributed by atoms with Crippen molar-refractivity contribution < 1.29 is 9.90 Å². The Hall–Kier alpha value is -2.49. The lowest BCUT2D eigenvalue weighted by Crippen LogP contribution is -2.23. The summed E-state index contributed by atoms with van der Waals surface area (Å²) in [7, 11) is 0. The van der Waals surface area contributed by atoms with Crippen LogP contribution in [0.15, 0.2) is 36.4 Å². The van der Waals surface area contributed by atoms with Crippen LogP contribution in [0, 0.1) is 13.8 Å². The van der Waals surface area contributed by atoms with Crippen LogP contribution in [0.5, 0.6) is 5.75 Å². The molecule has 2 rings (SSSR count). The zero-order chi connectivity index (χ0) is 14.7. The van der Waals surface area contributed by atoms with Crippen LogP contribution in [0.1, 0.15) is 27.0 Å². The van der Waals surface area contributed by atoms with E-state index < -0.39 is 0 Å². The van der Waals surface area contributed by atoms with Crippen molar-refractivity contribution in [2.24, 2.45) is 0 Å². The number of nitrogens with two attached hydrogens (primary N) is 1. The normalized spacial score (nSPS) is 10.3. The summed E-state index contributed by atoms with van der Waals surface area (Å²) >= 11 is 0. The van der Waals surface area contributed by atoms with E-state index in [0.717, 1.165) is 16.7 Å². The molecule has 0 atom stereocenters. The number of phenols is 1. The van der Waals surface area contributed by atoms with Gasteiger partial charge in [0.1, 0.15) is 5.75 Å². The molecule has 0 fully saturated rings. The summed E-state index contributed by atoms with van der Waals surface area (Å²) in [6.45, 7) is 4.17. The maximum absolute atomic E-state index is 12.1. The van der Waals surface area contributed by atoms with Gasteiger partial charge in [0, 0.05) is 12.2 Å². The Morgan fingerprint density at radius 1 is 1.25 bits per heavy atom.